The zero-order chi connectivity index (χ0) is 16.2. The lowest BCUT2D eigenvalue weighted by Gasteiger charge is -2.17. The van der Waals surface area contributed by atoms with E-state index in [1.807, 2.05) is 18.9 Å². The number of rotatable bonds is 5. The van der Waals surface area contributed by atoms with Crippen LogP contribution in [0.15, 0.2) is 36.7 Å². The summed E-state index contributed by atoms with van der Waals surface area (Å²) < 4.78 is 40.5. The lowest BCUT2D eigenvalue weighted by atomic mass is 10.2. The van der Waals surface area contributed by atoms with Crippen LogP contribution in [0.3, 0.4) is 0 Å². The molecule has 0 aliphatic rings. The first-order valence-electron chi connectivity index (χ1n) is 6.62. The molecule has 0 atom stereocenters. The van der Waals surface area contributed by atoms with Crippen molar-refractivity contribution < 1.29 is 17.9 Å². The summed E-state index contributed by atoms with van der Waals surface area (Å²) in [5.41, 5.74) is 2.36. The smallest absolute Gasteiger partial charge is 0.406 e. The molecule has 2 rings (SSSR count). The molecule has 0 spiro atoms. The van der Waals surface area contributed by atoms with Crippen molar-refractivity contribution in [3.05, 3.63) is 53.6 Å². The van der Waals surface area contributed by atoms with E-state index in [0.29, 0.717) is 13.1 Å². The highest BCUT2D eigenvalue weighted by molar-refractivity contribution is 5.28. The minimum Gasteiger partial charge on any atom is -0.406 e. The fraction of sp³-hybridized carbons (Fsp3) is 0.333. The highest BCUT2D eigenvalue weighted by Crippen LogP contribution is 2.23. The molecule has 0 saturated carbocycles. The molecule has 0 bridgehead atoms. The second-order valence-corrected chi connectivity index (χ2v) is 5.02. The highest BCUT2D eigenvalue weighted by atomic mass is 19.4. The van der Waals surface area contributed by atoms with Gasteiger partial charge in [0.25, 0.3) is 0 Å². The molecule has 22 heavy (non-hydrogen) atoms. The molecule has 1 aromatic carbocycles. The second kappa shape index (κ2) is 6.74. The quantitative estimate of drug-likeness (QED) is 0.849. The number of halogens is 3. The largest absolute Gasteiger partial charge is 0.573 e. The molecule has 0 saturated heterocycles. The van der Waals surface area contributed by atoms with Crippen molar-refractivity contribution in [3.8, 4) is 5.75 Å². The van der Waals surface area contributed by atoms with Crippen LogP contribution in [0.1, 0.15) is 17.0 Å². The normalized spacial score (nSPS) is 11.7. The Labute approximate surface area is 126 Å². The third kappa shape index (κ3) is 5.33. The summed E-state index contributed by atoms with van der Waals surface area (Å²) in [7, 11) is 1.86. The van der Waals surface area contributed by atoms with Gasteiger partial charge in [0.2, 0.25) is 0 Å². The molecule has 0 aliphatic carbocycles. The van der Waals surface area contributed by atoms with Gasteiger partial charge in [-0.25, -0.2) is 0 Å². The van der Waals surface area contributed by atoms with E-state index >= 15 is 0 Å². The molecule has 4 nitrogen and oxygen atoms in total. The van der Waals surface area contributed by atoms with Gasteiger partial charge in [-0.1, -0.05) is 12.1 Å². The Kier molecular flexibility index (Phi) is 4.97. The SMILES string of the molecule is Cc1cnc(CN(C)Cc2cccc(OC(F)(F)F)c2)cn1. The van der Waals surface area contributed by atoms with Crippen LogP contribution in [0.2, 0.25) is 0 Å². The van der Waals surface area contributed by atoms with Crippen molar-refractivity contribution >= 4 is 0 Å². The van der Waals surface area contributed by atoms with E-state index in [2.05, 4.69) is 14.7 Å². The number of benzene rings is 1. The molecule has 1 heterocycles. The second-order valence-electron chi connectivity index (χ2n) is 5.02. The molecule has 2 aromatic rings. The summed E-state index contributed by atoms with van der Waals surface area (Å²) >= 11 is 0. The van der Waals surface area contributed by atoms with Gasteiger partial charge in [-0.2, -0.15) is 0 Å². The summed E-state index contributed by atoms with van der Waals surface area (Å²) in [5.74, 6) is -0.214. The predicted octanol–water partition coefficient (Wildman–Crippen LogP) is 3.32. The topological polar surface area (TPSA) is 38.2 Å². The van der Waals surface area contributed by atoms with E-state index in [0.717, 1.165) is 17.0 Å². The van der Waals surface area contributed by atoms with Crippen molar-refractivity contribution in [2.45, 2.75) is 26.4 Å². The maximum absolute atomic E-state index is 12.2. The first-order chi connectivity index (χ1) is 10.3. The fourth-order valence-corrected chi connectivity index (χ4v) is 1.99. The summed E-state index contributed by atoms with van der Waals surface area (Å²) in [5, 5.41) is 0. The number of hydrogen-bond acceptors (Lipinski definition) is 4. The number of nitrogens with zero attached hydrogens (tertiary/aromatic N) is 3. The van der Waals surface area contributed by atoms with Gasteiger partial charge in [0.1, 0.15) is 5.75 Å². The summed E-state index contributed by atoms with van der Waals surface area (Å²) in [6.45, 7) is 2.88. The molecule has 0 aliphatic heterocycles. The van der Waals surface area contributed by atoms with Crippen LogP contribution in [0, 0.1) is 6.92 Å². The first-order valence-corrected chi connectivity index (χ1v) is 6.62. The molecule has 1 aromatic heterocycles. The van der Waals surface area contributed by atoms with Gasteiger partial charge < -0.3 is 4.74 Å². The predicted molar refractivity (Wildman–Crippen MR) is 75.1 cm³/mol. The van der Waals surface area contributed by atoms with Crippen LogP contribution in [0.4, 0.5) is 13.2 Å². The Morgan fingerprint density at radius 1 is 1.14 bits per heavy atom. The van der Waals surface area contributed by atoms with E-state index in [1.54, 1.807) is 18.5 Å². The van der Waals surface area contributed by atoms with Crippen LogP contribution in [-0.2, 0) is 13.1 Å². The van der Waals surface area contributed by atoms with Crippen molar-refractivity contribution in [2.24, 2.45) is 0 Å². The maximum atomic E-state index is 12.2. The molecule has 0 fully saturated rings. The van der Waals surface area contributed by atoms with Gasteiger partial charge in [0.15, 0.2) is 0 Å². The Morgan fingerprint density at radius 2 is 1.91 bits per heavy atom. The Balaban J connectivity index is 1.97. The van der Waals surface area contributed by atoms with E-state index < -0.39 is 6.36 Å². The van der Waals surface area contributed by atoms with E-state index in [9.17, 15) is 13.2 Å². The van der Waals surface area contributed by atoms with Gasteiger partial charge in [0, 0.05) is 25.5 Å². The Hall–Kier alpha value is -2.15. The monoisotopic (exact) mass is 311 g/mol. The molecule has 0 N–H and O–H groups in total. The number of aryl methyl sites for hydroxylation is 1. The van der Waals surface area contributed by atoms with Crippen LogP contribution in [0.5, 0.6) is 5.75 Å². The summed E-state index contributed by atoms with van der Waals surface area (Å²) in [4.78, 5) is 10.3. The Bertz CT molecular complexity index is 614. The summed E-state index contributed by atoms with van der Waals surface area (Å²) in [6.07, 6.45) is -1.31. The van der Waals surface area contributed by atoms with Crippen molar-refractivity contribution in [1.82, 2.24) is 14.9 Å². The van der Waals surface area contributed by atoms with Gasteiger partial charge >= 0.3 is 6.36 Å². The number of aromatic nitrogens is 2. The van der Waals surface area contributed by atoms with Crippen LogP contribution in [-0.4, -0.2) is 28.3 Å². The molecule has 118 valence electrons. The van der Waals surface area contributed by atoms with Gasteiger partial charge in [0.05, 0.1) is 11.4 Å². The fourth-order valence-electron chi connectivity index (χ4n) is 1.99. The van der Waals surface area contributed by atoms with E-state index in [4.69, 9.17) is 0 Å². The zero-order valence-electron chi connectivity index (χ0n) is 12.3. The highest BCUT2D eigenvalue weighted by Gasteiger charge is 2.31. The molecular formula is C15H16F3N3O. The van der Waals surface area contributed by atoms with Gasteiger partial charge in [-0.3, -0.25) is 14.9 Å². The molecule has 0 radical (unpaired) electrons. The maximum Gasteiger partial charge on any atom is 0.573 e. The minimum atomic E-state index is -4.68. The standard InChI is InChI=1S/C15H16F3N3O/c1-11-7-20-13(8-19-11)10-21(2)9-12-4-3-5-14(6-12)22-15(16,17)18/h3-8H,9-10H2,1-2H3. The zero-order valence-corrected chi connectivity index (χ0v) is 12.3. The number of ether oxygens (including phenoxy) is 1. The Morgan fingerprint density at radius 3 is 2.55 bits per heavy atom. The lowest BCUT2D eigenvalue weighted by molar-refractivity contribution is -0.274. The molecule has 0 amide bonds. The molecule has 7 heteroatoms. The third-order valence-electron chi connectivity index (χ3n) is 2.85. The summed E-state index contributed by atoms with van der Waals surface area (Å²) in [6, 6.07) is 5.95. The third-order valence-corrected chi connectivity index (χ3v) is 2.85. The van der Waals surface area contributed by atoms with Crippen molar-refractivity contribution in [3.63, 3.8) is 0 Å². The lowest BCUT2D eigenvalue weighted by Crippen LogP contribution is -2.19. The molecule has 0 unspecified atom stereocenters. The first kappa shape index (κ1) is 16.2. The van der Waals surface area contributed by atoms with Gasteiger partial charge in [-0.05, 0) is 31.7 Å². The number of hydrogen-bond donors (Lipinski definition) is 0. The minimum absolute atomic E-state index is 0.214. The average molecular weight is 311 g/mol. The van der Waals surface area contributed by atoms with Gasteiger partial charge in [-0.15, -0.1) is 13.2 Å². The number of alkyl halides is 3. The van der Waals surface area contributed by atoms with Crippen molar-refractivity contribution in [1.29, 1.82) is 0 Å². The van der Waals surface area contributed by atoms with Crippen LogP contribution < -0.4 is 4.74 Å². The van der Waals surface area contributed by atoms with Crippen LogP contribution in [0.25, 0.3) is 0 Å². The van der Waals surface area contributed by atoms with Crippen molar-refractivity contribution in [2.75, 3.05) is 7.05 Å². The molecular weight excluding hydrogens is 295 g/mol. The van der Waals surface area contributed by atoms with E-state index in [-0.39, 0.29) is 5.75 Å². The van der Waals surface area contributed by atoms with E-state index in [1.165, 1.54) is 18.2 Å². The average Bonchev–Trinajstić information content (AvgIpc) is 2.40. The van der Waals surface area contributed by atoms with Crippen LogP contribution >= 0.6 is 0 Å².